The summed E-state index contributed by atoms with van der Waals surface area (Å²) in [5.74, 6) is 0.288. The number of unbranched alkanes of at least 4 members (excludes halogenated alkanes) is 1. The van der Waals surface area contributed by atoms with Crippen molar-refractivity contribution in [3.8, 4) is 5.75 Å². The number of nitrogens with zero attached hydrogens (tertiary/aromatic N) is 2. The second-order valence-electron chi connectivity index (χ2n) is 8.44. The second kappa shape index (κ2) is 10.0. The van der Waals surface area contributed by atoms with Gasteiger partial charge in [-0.25, -0.2) is 4.90 Å². The zero-order chi connectivity index (χ0) is 22.5. The number of hydrogen-bond acceptors (Lipinski definition) is 4. The number of imide groups is 1. The van der Waals surface area contributed by atoms with E-state index in [2.05, 4.69) is 11.8 Å². The van der Waals surface area contributed by atoms with E-state index in [9.17, 15) is 9.59 Å². The first-order chi connectivity index (χ1) is 15.6. The van der Waals surface area contributed by atoms with Gasteiger partial charge in [-0.05, 0) is 74.4 Å². The number of piperidine rings is 1. The van der Waals surface area contributed by atoms with Crippen LogP contribution in [-0.4, -0.2) is 36.4 Å². The Kier molecular flexibility index (Phi) is 6.93. The number of likely N-dealkylation sites (tertiary alicyclic amines) is 1. The van der Waals surface area contributed by atoms with E-state index in [1.807, 2.05) is 55.5 Å². The zero-order valence-electron chi connectivity index (χ0n) is 19.1. The summed E-state index contributed by atoms with van der Waals surface area (Å²) < 4.78 is 5.56. The van der Waals surface area contributed by atoms with Crippen molar-refractivity contribution in [1.82, 2.24) is 4.90 Å². The molecule has 2 aromatic carbocycles. The number of aryl methyl sites for hydroxylation is 1. The van der Waals surface area contributed by atoms with Gasteiger partial charge < -0.3 is 9.64 Å². The highest BCUT2D eigenvalue weighted by atomic mass is 16.5. The number of carbonyl (C=O) groups excluding carboxylic acids is 2. The summed E-state index contributed by atoms with van der Waals surface area (Å²) in [6.45, 7) is 6.31. The normalized spacial score (nSPS) is 16.8. The molecule has 5 heteroatoms. The molecule has 2 amide bonds. The number of ether oxygens (including phenoxy) is 1. The molecule has 0 N–H and O–H groups in total. The number of carbonyl (C=O) groups is 2. The van der Waals surface area contributed by atoms with Gasteiger partial charge in [0.05, 0.1) is 17.9 Å². The third-order valence-corrected chi connectivity index (χ3v) is 6.20. The van der Waals surface area contributed by atoms with Crippen LogP contribution in [0.15, 0.2) is 54.2 Å². The van der Waals surface area contributed by atoms with Gasteiger partial charge in [-0.15, -0.1) is 0 Å². The van der Waals surface area contributed by atoms with Crippen molar-refractivity contribution in [2.24, 2.45) is 0 Å². The molecule has 2 heterocycles. The summed E-state index contributed by atoms with van der Waals surface area (Å²) in [7, 11) is 0. The molecule has 2 aliphatic rings. The van der Waals surface area contributed by atoms with Crippen molar-refractivity contribution in [3.63, 3.8) is 0 Å². The average molecular weight is 433 g/mol. The highest BCUT2D eigenvalue weighted by molar-refractivity contribution is 6.45. The molecule has 0 aliphatic carbocycles. The van der Waals surface area contributed by atoms with Crippen molar-refractivity contribution in [2.75, 3.05) is 24.6 Å². The van der Waals surface area contributed by atoms with Crippen molar-refractivity contribution in [3.05, 3.63) is 65.4 Å². The Morgan fingerprint density at radius 2 is 1.53 bits per heavy atom. The summed E-state index contributed by atoms with van der Waals surface area (Å²) >= 11 is 0. The third-order valence-electron chi connectivity index (χ3n) is 6.20. The first-order valence-corrected chi connectivity index (χ1v) is 11.8. The molecule has 1 saturated heterocycles. The zero-order valence-corrected chi connectivity index (χ0v) is 19.1. The van der Waals surface area contributed by atoms with E-state index < -0.39 is 0 Å². The van der Waals surface area contributed by atoms with Crippen LogP contribution in [0.3, 0.4) is 0 Å². The van der Waals surface area contributed by atoms with Crippen LogP contribution in [0.1, 0.15) is 57.1 Å². The number of anilines is 1. The SMILES string of the molecule is CCCCc1ccc(N2C(=O)C(c3ccc(OCC)cc3)=C(N3CCCCC3)C2=O)cc1. The number of hydrogen-bond donors (Lipinski definition) is 0. The van der Waals surface area contributed by atoms with Crippen LogP contribution in [0.2, 0.25) is 0 Å². The lowest BCUT2D eigenvalue weighted by Crippen LogP contribution is -2.37. The summed E-state index contributed by atoms with van der Waals surface area (Å²) in [5.41, 5.74) is 3.65. The van der Waals surface area contributed by atoms with Gasteiger partial charge in [-0.1, -0.05) is 37.6 Å². The summed E-state index contributed by atoms with van der Waals surface area (Å²) in [6.07, 6.45) is 6.50. The Bertz CT molecular complexity index is 987. The molecule has 168 valence electrons. The Hall–Kier alpha value is -3.08. The van der Waals surface area contributed by atoms with E-state index in [1.165, 1.54) is 10.5 Å². The van der Waals surface area contributed by atoms with Gasteiger partial charge in [0.15, 0.2) is 0 Å². The molecular weight excluding hydrogens is 400 g/mol. The third kappa shape index (κ3) is 4.43. The van der Waals surface area contributed by atoms with E-state index in [0.717, 1.165) is 62.9 Å². The van der Waals surface area contributed by atoms with E-state index >= 15 is 0 Å². The molecule has 32 heavy (non-hydrogen) atoms. The lowest BCUT2D eigenvalue weighted by atomic mass is 10.0. The average Bonchev–Trinajstić information content (AvgIpc) is 3.09. The quantitative estimate of drug-likeness (QED) is 0.538. The van der Waals surface area contributed by atoms with Gasteiger partial charge in [0, 0.05) is 13.1 Å². The number of benzene rings is 2. The van der Waals surface area contributed by atoms with Gasteiger partial charge in [0.25, 0.3) is 11.8 Å². The molecule has 5 nitrogen and oxygen atoms in total. The van der Waals surface area contributed by atoms with Crippen LogP contribution in [-0.2, 0) is 16.0 Å². The molecule has 2 aliphatic heterocycles. The fourth-order valence-corrected chi connectivity index (χ4v) is 4.50. The van der Waals surface area contributed by atoms with Gasteiger partial charge in [0.1, 0.15) is 11.4 Å². The smallest absolute Gasteiger partial charge is 0.282 e. The van der Waals surface area contributed by atoms with Crippen LogP contribution < -0.4 is 9.64 Å². The number of amides is 2. The standard InChI is InChI=1S/C27H32N2O3/c1-3-5-9-20-10-14-22(15-11-20)29-26(30)24(21-12-16-23(17-13-21)32-4-2)25(27(29)31)28-18-7-6-8-19-28/h10-17H,3-9,18-19H2,1-2H3. The summed E-state index contributed by atoms with van der Waals surface area (Å²) in [6, 6.07) is 15.3. The van der Waals surface area contributed by atoms with E-state index in [4.69, 9.17) is 4.74 Å². The van der Waals surface area contributed by atoms with Crippen LogP contribution in [0, 0.1) is 0 Å². The van der Waals surface area contributed by atoms with Crippen molar-refractivity contribution >= 4 is 23.1 Å². The maximum Gasteiger partial charge on any atom is 0.282 e. The molecular formula is C27H32N2O3. The fraction of sp³-hybridized carbons (Fsp3) is 0.407. The maximum absolute atomic E-state index is 13.6. The predicted molar refractivity (Wildman–Crippen MR) is 128 cm³/mol. The molecule has 0 atom stereocenters. The van der Waals surface area contributed by atoms with Gasteiger partial charge in [-0.3, -0.25) is 9.59 Å². The van der Waals surface area contributed by atoms with Crippen molar-refractivity contribution in [1.29, 1.82) is 0 Å². The maximum atomic E-state index is 13.6. The monoisotopic (exact) mass is 432 g/mol. The van der Waals surface area contributed by atoms with Gasteiger partial charge in [-0.2, -0.15) is 0 Å². The van der Waals surface area contributed by atoms with E-state index in [0.29, 0.717) is 23.6 Å². The van der Waals surface area contributed by atoms with Gasteiger partial charge >= 0.3 is 0 Å². The molecule has 0 spiro atoms. The van der Waals surface area contributed by atoms with Crippen LogP contribution >= 0.6 is 0 Å². The largest absolute Gasteiger partial charge is 0.494 e. The Balaban J connectivity index is 1.69. The Morgan fingerprint density at radius 3 is 2.16 bits per heavy atom. The first kappa shape index (κ1) is 22.1. The van der Waals surface area contributed by atoms with Crippen molar-refractivity contribution in [2.45, 2.75) is 52.4 Å². The van der Waals surface area contributed by atoms with E-state index in [-0.39, 0.29) is 11.8 Å². The molecule has 0 unspecified atom stereocenters. The lowest BCUT2D eigenvalue weighted by molar-refractivity contribution is -0.120. The second-order valence-corrected chi connectivity index (χ2v) is 8.44. The van der Waals surface area contributed by atoms with Crippen LogP contribution in [0.25, 0.3) is 5.57 Å². The Labute approximate surface area is 190 Å². The van der Waals surface area contributed by atoms with Crippen LogP contribution in [0.5, 0.6) is 5.75 Å². The van der Waals surface area contributed by atoms with Gasteiger partial charge in [0.2, 0.25) is 0 Å². The summed E-state index contributed by atoms with van der Waals surface area (Å²) in [4.78, 5) is 30.7. The minimum absolute atomic E-state index is 0.220. The molecule has 2 aromatic rings. The molecule has 0 radical (unpaired) electrons. The first-order valence-electron chi connectivity index (χ1n) is 11.8. The highest BCUT2D eigenvalue weighted by Crippen LogP contribution is 2.36. The summed E-state index contributed by atoms with van der Waals surface area (Å²) in [5, 5.41) is 0. The number of rotatable bonds is 8. The van der Waals surface area contributed by atoms with Crippen molar-refractivity contribution < 1.29 is 14.3 Å². The molecule has 1 fully saturated rings. The molecule has 0 bridgehead atoms. The molecule has 4 rings (SSSR count). The highest BCUT2D eigenvalue weighted by Gasteiger charge is 2.42. The fourth-order valence-electron chi connectivity index (χ4n) is 4.50. The van der Waals surface area contributed by atoms with Crippen LogP contribution in [0.4, 0.5) is 5.69 Å². The molecule has 0 aromatic heterocycles. The lowest BCUT2D eigenvalue weighted by Gasteiger charge is -2.29. The minimum atomic E-state index is -0.249. The molecule has 0 saturated carbocycles. The Morgan fingerprint density at radius 1 is 0.844 bits per heavy atom. The topological polar surface area (TPSA) is 49.9 Å². The van der Waals surface area contributed by atoms with E-state index in [1.54, 1.807) is 0 Å². The predicted octanol–water partition coefficient (Wildman–Crippen LogP) is 5.20. The minimum Gasteiger partial charge on any atom is -0.494 e.